The highest BCUT2D eigenvalue weighted by atomic mass is 32.1. The monoisotopic (exact) mass is 1960 g/mol. The predicted molar refractivity (Wildman–Crippen MR) is 626 cm³/mol. The lowest BCUT2D eigenvalue weighted by Gasteiger charge is -2.27. The quantitative estimate of drug-likeness (QED) is 0.115. The summed E-state index contributed by atoms with van der Waals surface area (Å²) in [6.07, 6.45) is 0. The van der Waals surface area contributed by atoms with Crippen LogP contribution in [0.5, 0.6) is 0 Å². The molecule has 14 heteroatoms. The molecule has 146 heavy (non-hydrogen) atoms. The normalized spacial score (nSPS) is 12.0. The van der Waals surface area contributed by atoms with Crippen molar-refractivity contribution in [1.82, 2.24) is 13.7 Å². The first kappa shape index (κ1) is 83.9. The van der Waals surface area contributed by atoms with Crippen LogP contribution in [0.1, 0.15) is 0 Å². The number of para-hydroxylation sites is 9. The van der Waals surface area contributed by atoms with Crippen LogP contribution in [0.15, 0.2) is 499 Å². The molecule has 0 unspecified atom stereocenters. The summed E-state index contributed by atoms with van der Waals surface area (Å²) in [5.74, 6) is 0. The molecule has 0 bridgehead atoms. The fourth-order valence-corrected chi connectivity index (χ4v) is 28.8. The van der Waals surface area contributed by atoms with E-state index in [9.17, 15) is 0 Å². The number of benzene rings is 21. The highest BCUT2D eigenvalue weighted by molar-refractivity contribution is 7.29. The average molecular weight is 1960 g/mol. The zero-order valence-electron chi connectivity index (χ0n) is 78.1. The lowest BCUT2D eigenvalue weighted by atomic mass is 10.0. The number of fused-ring (bicyclic) bond motifs is 30. The molecule has 0 radical (unpaired) electrons. The summed E-state index contributed by atoms with van der Waals surface area (Å²) in [5, 5.41) is 19.5. The van der Waals surface area contributed by atoms with Crippen LogP contribution in [0.2, 0.25) is 0 Å². The van der Waals surface area contributed by atoms with Crippen LogP contribution in [0, 0.1) is 0 Å². The van der Waals surface area contributed by atoms with E-state index in [1.807, 2.05) is 87.0 Å². The highest BCUT2D eigenvalue weighted by Crippen LogP contribution is 2.56. The maximum atomic E-state index is 6.42. The molecule has 32 aromatic rings. The molecular weight excluding hydrogens is 1880 g/mol. The Labute approximate surface area is 855 Å². The Kier molecular flexibility index (Phi) is 19.5. The van der Waals surface area contributed by atoms with E-state index in [4.69, 9.17) is 13.3 Å². The van der Waals surface area contributed by atoms with E-state index in [0.29, 0.717) is 0 Å². The molecule has 0 N–H and O–H groups in total. The highest BCUT2D eigenvalue weighted by Gasteiger charge is 2.31. The Morgan fingerprint density at radius 3 is 0.884 bits per heavy atom. The summed E-state index contributed by atoms with van der Waals surface area (Å²) in [6.45, 7) is 0. The molecule has 0 aliphatic heterocycles. The molecule has 0 atom stereocenters. The van der Waals surface area contributed by atoms with Crippen LogP contribution in [-0.2, 0) is 0 Å². The second-order valence-electron chi connectivity index (χ2n) is 37.1. The van der Waals surface area contributed by atoms with Crippen molar-refractivity contribution in [2.24, 2.45) is 0 Å². The fourth-order valence-electron chi connectivity index (χ4n) is 22.5. The van der Waals surface area contributed by atoms with Gasteiger partial charge < -0.3 is 41.7 Å². The summed E-state index contributed by atoms with van der Waals surface area (Å²) in [7, 11) is 0. The van der Waals surface area contributed by atoms with Gasteiger partial charge in [0.05, 0.1) is 89.4 Å². The number of anilines is 9. The van der Waals surface area contributed by atoms with Crippen molar-refractivity contribution < 1.29 is 13.3 Å². The molecule has 686 valence electrons. The Morgan fingerprint density at radius 1 is 0.164 bits per heavy atom. The van der Waals surface area contributed by atoms with Gasteiger partial charge >= 0.3 is 0 Å². The molecule has 9 nitrogen and oxygen atoms in total. The Morgan fingerprint density at radius 2 is 0.452 bits per heavy atom. The number of thiophene rings is 5. The van der Waals surface area contributed by atoms with Crippen molar-refractivity contribution in [3.63, 3.8) is 0 Å². The first-order valence-corrected chi connectivity index (χ1v) is 53.1. The number of nitrogens with zero attached hydrogens (tertiary/aromatic N) is 6. The van der Waals surface area contributed by atoms with Gasteiger partial charge in [0, 0.05) is 157 Å². The van der Waals surface area contributed by atoms with Crippen molar-refractivity contribution >= 4 is 308 Å². The van der Waals surface area contributed by atoms with Gasteiger partial charge in [-0.25, -0.2) is 0 Å². The smallest absolute Gasteiger partial charge is 0.137 e. The Balaban J connectivity index is 0.000000102. The van der Waals surface area contributed by atoms with Gasteiger partial charge in [-0.1, -0.05) is 297 Å². The summed E-state index contributed by atoms with van der Waals surface area (Å²) < 4.78 is 39.4. The fraction of sp³-hybridized carbons (Fsp3) is 0. The first-order chi connectivity index (χ1) is 72.4. The van der Waals surface area contributed by atoms with Crippen molar-refractivity contribution in [2.75, 3.05) is 14.7 Å². The van der Waals surface area contributed by atoms with Crippen LogP contribution in [-0.4, -0.2) is 13.7 Å². The van der Waals surface area contributed by atoms with Gasteiger partial charge in [-0.05, 0) is 187 Å². The van der Waals surface area contributed by atoms with Crippen molar-refractivity contribution in [3.8, 4) is 28.2 Å². The van der Waals surface area contributed by atoms with Crippen LogP contribution in [0.25, 0.3) is 228 Å². The summed E-state index contributed by atoms with van der Waals surface area (Å²) >= 11 is 9.39. The summed E-state index contributed by atoms with van der Waals surface area (Å²) in [6, 6.07) is 174. The number of hydrogen-bond acceptors (Lipinski definition) is 11. The van der Waals surface area contributed by atoms with E-state index in [-0.39, 0.29) is 0 Å². The molecule has 0 aliphatic rings. The summed E-state index contributed by atoms with van der Waals surface area (Å²) in [5.41, 5.74) is 28.6. The second-order valence-corrected chi connectivity index (χ2v) is 42.4. The summed E-state index contributed by atoms with van der Waals surface area (Å²) in [4.78, 5) is 7.26. The lowest BCUT2D eigenvalue weighted by molar-refractivity contribution is 0.668. The van der Waals surface area contributed by atoms with Crippen LogP contribution in [0.4, 0.5) is 51.2 Å². The molecule has 0 fully saturated rings. The van der Waals surface area contributed by atoms with E-state index in [1.54, 1.807) is 0 Å². The number of aromatic nitrogens is 3. The van der Waals surface area contributed by atoms with Gasteiger partial charge in [0.2, 0.25) is 0 Å². The minimum absolute atomic E-state index is 0.860. The van der Waals surface area contributed by atoms with Crippen molar-refractivity contribution in [1.29, 1.82) is 0 Å². The molecule has 11 aromatic heterocycles. The van der Waals surface area contributed by atoms with Crippen LogP contribution < -0.4 is 14.7 Å². The third kappa shape index (κ3) is 13.4. The van der Waals surface area contributed by atoms with E-state index in [2.05, 4.69) is 483 Å². The third-order valence-corrected chi connectivity index (χ3v) is 35.0. The molecule has 11 heterocycles. The SMILES string of the molecule is c1ccc(-c2ccc(N(c3cccc4c3sc3c5ccccc5n(-c5ccccc5)c43)c3cccc4oc5ccccc5c34)cc2)cc1.c1ccc(-n2c3ccccc3c3sc4c(N(c5ccc6c(c5)oc5ccccc56)c5ccc6c(c5)oc5ccccc56)cccc4c32)cc1.c1ccc(-n2c3ccccc3c3sc4c(N(c5ccc6c(c5)sc5ccccc56)c5ccc6c(c5)sc5ccccc56)cccc4c32)cc1. The van der Waals surface area contributed by atoms with Gasteiger partial charge in [0.1, 0.15) is 33.5 Å². The van der Waals surface area contributed by atoms with Gasteiger partial charge in [0.15, 0.2) is 0 Å². The van der Waals surface area contributed by atoms with Crippen LogP contribution in [0.3, 0.4) is 0 Å². The number of hydrogen-bond donors (Lipinski definition) is 0. The van der Waals surface area contributed by atoms with Crippen LogP contribution >= 0.6 is 56.7 Å². The molecular formula is C132H80N6O3S5. The van der Waals surface area contributed by atoms with Crippen molar-refractivity contribution in [2.45, 2.75) is 0 Å². The predicted octanol–water partition coefficient (Wildman–Crippen LogP) is 40.5. The molecule has 0 saturated heterocycles. The standard InChI is InChI=1S/C44H26N2O2S.C44H28N2OS.C44H26N2S3/c1-2-11-27(12-3-1)46-36-17-7-4-15-34(36)44-42(46)35-16-10-18-37(43(35)49-44)45(28-21-23-32-30-13-5-8-19-38(30)47-40(32)25-28)29-22-24-33-31-14-6-9-20-39(31)48-41(33)26-29;1-3-13-29(14-4-1)30-25-27-32(28-26-30)45(37-21-12-24-40-41(37)34-18-8-10-23-39(34)47-40)38-22-11-19-35-42-44(48-43(35)38)33-17-7-9-20-36(33)46(42)31-15-5-2-6-16-31;1-2-11-27(12-3-1)46-36-17-7-4-15-34(36)44-42(46)35-16-10-18-37(43(35)49-44)45(28-21-23-32-30-13-5-8-19-38(30)47-40(32)25-28)29-22-24-33-31-14-6-9-20-39(31)48-41(33)26-29/h1-26H;1-28H;1-26H. The van der Waals surface area contributed by atoms with Gasteiger partial charge in [0.25, 0.3) is 0 Å². The minimum atomic E-state index is 0.860. The van der Waals surface area contributed by atoms with E-state index < -0.39 is 0 Å². The zero-order valence-corrected chi connectivity index (χ0v) is 82.2. The van der Waals surface area contributed by atoms with Gasteiger partial charge in [-0.2, -0.15) is 0 Å². The Bertz CT molecular complexity index is 10200. The number of rotatable bonds is 13. The minimum Gasteiger partial charge on any atom is -0.456 e. The molecule has 0 aliphatic carbocycles. The second kappa shape index (κ2) is 33.9. The third-order valence-electron chi connectivity index (χ3n) is 28.9. The molecule has 0 spiro atoms. The van der Waals surface area contributed by atoms with E-state index in [1.165, 1.54) is 168 Å². The lowest BCUT2D eigenvalue weighted by Crippen LogP contribution is -2.10. The van der Waals surface area contributed by atoms with Gasteiger partial charge in [-0.3, -0.25) is 0 Å². The Hall–Kier alpha value is -17.9. The average Bonchev–Trinajstić information content (AvgIpc) is 1.56. The topological polar surface area (TPSA) is 63.9 Å². The molecule has 0 amide bonds. The maximum absolute atomic E-state index is 6.42. The molecule has 0 saturated carbocycles. The maximum Gasteiger partial charge on any atom is 0.137 e. The van der Waals surface area contributed by atoms with Crippen molar-refractivity contribution in [3.05, 3.63) is 485 Å². The molecule has 32 rings (SSSR count). The van der Waals surface area contributed by atoms with E-state index >= 15 is 0 Å². The largest absolute Gasteiger partial charge is 0.456 e. The first-order valence-electron chi connectivity index (χ1n) is 49.1. The molecule has 21 aromatic carbocycles. The van der Waals surface area contributed by atoms with E-state index in [0.717, 1.165) is 111 Å². The number of furan rings is 3. The van der Waals surface area contributed by atoms with Gasteiger partial charge in [-0.15, -0.1) is 56.7 Å². The zero-order chi connectivity index (χ0) is 95.7.